The third-order valence-corrected chi connectivity index (χ3v) is 4.90. The number of nitrogens with one attached hydrogen (secondary N) is 1. The van der Waals surface area contributed by atoms with Crippen LogP contribution < -0.4 is 9.46 Å². The Balaban J connectivity index is 2.50. The van der Waals surface area contributed by atoms with Crippen molar-refractivity contribution in [1.29, 1.82) is 0 Å². The molecule has 0 spiro atoms. The van der Waals surface area contributed by atoms with Crippen molar-refractivity contribution in [2.24, 2.45) is 0 Å². The largest absolute Gasteiger partial charge is 0.492 e. The highest BCUT2D eigenvalue weighted by Gasteiger charge is 2.24. The van der Waals surface area contributed by atoms with Crippen LogP contribution in [0.2, 0.25) is 0 Å². The number of hydrogen-bond acceptors (Lipinski definition) is 4. The highest BCUT2D eigenvalue weighted by Crippen LogP contribution is 2.31. The Kier molecular flexibility index (Phi) is 5.18. The molecule has 5 nitrogen and oxygen atoms in total. The number of benzene rings is 1. The normalized spacial score (nSPS) is 12.0. The van der Waals surface area contributed by atoms with Crippen LogP contribution in [0.15, 0.2) is 41.3 Å². The van der Waals surface area contributed by atoms with Crippen LogP contribution in [0, 0.1) is 6.92 Å². The number of ether oxygens (including phenoxy) is 1. The Morgan fingerprint density at radius 2 is 1.88 bits per heavy atom. The van der Waals surface area contributed by atoms with E-state index in [9.17, 15) is 8.42 Å². The first-order valence-corrected chi connectivity index (χ1v) is 9.35. The Bertz CT molecular complexity index is 824. The van der Waals surface area contributed by atoms with Crippen LogP contribution in [0.25, 0.3) is 0 Å². The van der Waals surface area contributed by atoms with Gasteiger partial charge < -0.3 is 4.74 Å². The number of rotatable bonds is 5. The highest BCUT2D eigenvalue weighted by molar-refractivity contribution is 7.92. The Hall–Kier alpha value is -2.08. The molecule has 0 amide bonds. The molecule has 1 aromatic heterocycles. The lowest BCUT2D eigenvalue weighted by atomic mass is 9.87. The molecule has 2 aromatic rings. The summed E-state index contributed by atoms with van der Waals surface area (Å²) in [6.07, 6.45) is 0. The Labute approximate surface area is 144 Å². The van der Waals surface area contributed by atoms with Crippen molar-refractivity contribution in [2.45, 2.75) is 44.9 Å². The molecular formula is C18H24N2O3S. The van der Waals surface area contributed by atoms with E-state index < -0.39 is 10.0 Å². The average Bonchev–Trinajstić information content (AvgIpc) is 2.46. The van der Waals surface area contributed by atoms with Gasteiger partial charge in [-0.1, -0.05) is 32.9 Å². The predicted molar refractivity (Wildman–Crippen MR) is 96.1 cm³/mol. The molecule has 24 heavy (non-hydrogen) atoms. The van der Waals surface area contributed by atoms with Gasteiger partial charge in [0, 0.05) is 5.69 Å². The molecule has 0 atom stereocenters. The lowest BCUT2D eigenvalue weighted by Crippen LogP contribution is -2.18. The van der Waals surface area contributed by atoms with Crippen molar-refractivity contribution in [1.82, 2.24) is 4.98 Å². The number of hydrogen-bond donors (Lipinski definition) is 1. The molecule has 130 valence electrons. The molecule has 0 aliphatic carbocycles. The third kappa shape index (κ3) is 4.26. The van der Waals surface area contributed by atoms with Gasteiger partial charge in [-0.25, -0.2) is 13.4 Å². The molecule has 6 heteroatoms. The van der Waals surface area contributed by atoms with E-state index in [0.29, 0.717) is 18.2 Å². The number of sulfonamides is 1. The monoisotopic (exact) mass is 348 g/mol. The zero-order chi connectivity index (χ0) is 18.0. The summed E-state index contributed by atoms with van der Waals surface area (Å²) in [6.45, 7) is 10.1. The van der Waals surface area contributed by atoms with Gasteiger partial charge in [0.15, 0.2) is 0 Å². The fraction of sp³-hybridized carbons (Fsp3) is 0.389. The second-order valence-corrected chi connectivity index (χ2v) is 8.27. The fourth-order valence-corrected chi connectivity index (χ4v) is 3.42. The van der Waals surface area contributed by atoms with Gasteiger partial charge in [0.25, 0.3) is 10.0 Å². The van der Waals surface area contributed by atoms with Crippen LogP contribution in [-0.2, 0) is 15.4 Å². The molecule has 0 saturated heterocycles. The van der Waals surface area contributed by atoms with Crippen LogP contribution in [-0.4, -0.2) is 20.0 Å². The van der Waals surface area contributed by atoms with E-state index >= 15 is 0 Å². The SMILES string of the molecule is CCOc1ccc(C(C)(C)C)cc1S(=O)(=O)Nc1cccc(C)n1. The lowest BCUT2D eigenvalue weighted by Gasteiger charge is -2.21. The van der Waals surface area contributed by atoms with E-state index in [1.807, 2.05) is 46.8 Å². The number of anilines is 1. The van der Waals surface area contributed by atoms with Gasteiger partial charge in [-0.05, 0) is 49.1 Å². The smallest absolute Gasteiger partial charge is 0.266 e. The van der Waals surface area contributed by atoms with Gasteiger partial charge in [0.2, 0.25) is 0 Å². The minimum Gasteiger partial charge on any atom is -0.492 e. The van der Waals surface area contributed by atoms with Crippen LogP contribution in [0.1, 0.15) is 39.0 Å². The first-order valence-electron chi connectivity index (χ1n) is 7.87. The van der Waals surface area contributed by atoms with Crippen LogP contribution >= 0.6 is 0 Å². The number of aryl methyl sites for hydroxylation is 1. The van der Waals surface area contributed by atoms with Crippen molar-refractivity contribution in [3.8, 4) is 5.75 Å². The molecule has 0 aliphatic rings. The lowest BCUT2D eigenvalue weighted by molar-refractivity contribution is 0.331. The quantitative estimate of drug-likeness (QED) is 0.890. The maximum absolute atomic E-state index is 12.9. The van der Waals surface area contributed by atoms with Crippen molar-refractivity contribution in [2.75, 3.05) is 11.3 Å². The molecule has 1 N–H and O–H groups in total. The van der Waals surface area contributed by atoms with Crippen molar-refractivity contribution in [3.63, 3.8) is 0 Å². The molecule has 2 rings (SSSR count). The summed E-state index contributed by atoms with van der Waals surface area (Å²) in [6, 6.07) is 10.5. The van der Waals surface area contributed by atoms with E-state index in [1.165, 1.54) is 0 Å². The van der Waals surface area contributed by atoms with Gasteiger partial charge in [-0.2, -0.15) is 0 Å². The Morgan fingerprint density at radius 3 is 2.46 bits per heavy atom. The van der Waals surface area contributed by atoms with E-state index in [2.05, 4.69) is 9.71 Å². The minimum absolute atomic E-state index is 0.125. The van der Waals surface area contributed by atoms with Gasteiger partial charge in [-0.3, -0.25) is 4.72 Å². The molecule has 0 radical (unpaired) electrons. The molecule has 0 fully saturated rings. The minimum atomic E-state index is -3.80. The van der Waals surface area contributed by atoms with Crippen molar-refractivity contribution < 1.29 is 13.2 Å². The second kappa shape index (κ2) is 6.81. The van der Waals surface area contributed by atoms with Gasteiger partial charge in [0.05, 0.1) is 6.61 Å². The third-order valence-electron chi connectivity index (χ3n) is 3.53. The number of aromatic nitrogens is 1. The van der Waals surface area contributed by atoms with Gasteiger partial charge in [-0.15, -0.1) is 0 Å². The first-order chi connectivity index (χ1) is 11.1. The van der Waals surface area contributed by atoms with Crippen LogP contribution in [0.4, 0.5) is 5.82 Å². The summed E-state index contributed by atoms with van der Waals surface area (Å²) in [5.74, 6) is 0.629. The van der Waals surface area contributed by atoms with Crippen LogP contribution in [0.5, 0.6) is 5.75 Å². The Morgan fingerprint density at radius 1 is 1.17 bits per heavy atom. The zero-order valence-electron chi connectivity index (χ0n) is 14.8. The summed E-state index contributed by atoms with van der Waals surface area (Å²) in [5, 5.41) is 0. The highest BCUT2D eigenvalue weighted by atomic mass is 32.2. The maximum Gasteiger partial charge on any atom is 0.266 e. The number of nitrogens with zero attached hydrogens (tertiary/aromatic N) is 1. The van der Waals surface area contributed by atoms with Crippen LogP contribution in [0.3, 0.4) is 0 Å². The summed E-state index contributed by atoms with van der Waals surface area (Å²) in [4.78, 5) is 4.32. The van der Waals surface area contributed by atoms with Gasteiger partial charge >= 0.3 is 0 Å². The summed E-state index contributed by atoms with van der Waals surface area (Å²) in [7, 11) is -3.80. The molecule has 0 saturated carbocycles. The van der Waals surface area contributed by atoms with Crippen molar-refractivity contribution in [3.05, 3.63) is 47.7 Å². The predicted octanol–water partition coefficient (Wildman–Crippen LogP) is 3.89. The zero-order valence-corrected chi connectivity index (χ0v) is 15.6. The van der Waals surface area contributed by atoms with E-state index in [-0.39, 0.29) is 10.3 Å². The molecule has 1 aromatic carbocycles. The van der Waals surface area contributed by atoms with Gasteiger partial charge in [0.1, 0.15) is 16.5 Å². The fourth-order valence-electron chi connectivity index (χ4n) is 2.25. The van der Waals surface area contributed by atoms with Crippen molar-refractivity contribution >= 4 is 15.8 Å². The average molecular weight is 348 g/mol. The molecular weight excluding hydrogens is 324 g/mol. The molecule has 0 unspecified atom stereocenters. The molecule has 0 aliphatic heterocycles. The summed E-state index contributed by atoms with van der Waals surface area (Å²) >= 11 is 0. The van der Waals surface area contributed by atoms with E-state index in [4.69, 9.17) is 4.74 Å². The number of pyridine rings is 1. The van der Waals surface area contributed by atoms with E-state index in [1.54, 1.807) is 24.3 Å². The molecule has 1 heterocycles. The topological polar surface area (TPSA) is 68.3 Å². The first kappa shape index (κ1) is 18.3. The molecule has 0 bridgehead atoms. The summed E-state index contributed by atoms with van der Waals surface area (Å²) in [5.41, 5.74) is 1.49. The summed E-state index contributed by atoms with van der Waals surface area (Å²) < 4.78 is 33.8. The van der Waals surface area contributed by atoms with E-state index in [0.717, 1.165) is 11.3 Å². The maximum atomic E-state index is 12.9. The second-order valence-electron chi connectivity index (χ2n) is 6.61. The standard InChI is InChI=1S/C18H24N2O3S/c1-6-23-15-11-10-14(18(3,4)5)12-16(15)24(21,22)20-17-9-7-8-13(2)19-17/h7-12H,6H2,1-5H3,(H,19,20).